The van der Waals surface area contributed by atoms with Gasteiger partial charge in [0.15, 0.2) is 0 Å². The number of rotatable bonds is 13. The van der Waals surface area contributed by atoms with Gasteiger partial charge in [0.2, 0.25) is 11.8 Å². The number of nitrogens with zero attached hydrogens (tertiary/aromatic N) is 4. The van der Waals surface area contributed by atoms with Crippen LogP contribution in [-0.4, -0.2) is 87.9 Å². The first-order valence-electron chi connectivity index (χ1n) is 15.3. The van der Waals surface area contributed by atoms with Crippen LogP contribution >= 0.6 is 27.7 Å². The summed E-state index contributed by atoms with van der Waals surface area (Å²) in [5, 5.41) is 9.87. The number of hydrogen-bond donors (Lipinski definition) is 1. The van der Waals surface area contributed by atoms with E-state index in [9.17, 15) is 19.5 Å². The fourth-order valence-corrected chi connectivity index (χ4v) is 10.9. The molecule has 0 saturated carbocycles. The predicted molar refractivity (Wildman–Crippen MR) is 183 cm³/mol. The molecule has 8 nitrogen and oxygen atoms in total. The Bertz CT molecular complexity index is 1390. The number of carbonyl (C=O) groups is 3. The van der Waals surface area contributed by atoms with Crippen LogP contribution in [-0.2, 0) is 14.4 Å². The smallest absolute Gasteiger partial charge is 0.251 e. The van der Waals surface area contributed by atoms with Gasteiger partial charge < -0.3 is 24.7 Å². The lowest BCUT2D eigenvalue weighted by Crippen LogP contribution is -2.56. The number of carbonyl (C=O) groups excluding carboxylic acids is 3. The van der Waals surface area contributed by atoms with E-state index >= 15 is 0 Å². The van der Waals surface area contributed by atoms with E-state index in [1.54, 1.807) is 33.7 Å². The summed E-state index contributed by atoms with van der Waals surface area (Å²) in [5.41, 5.74) is 2.52. The van der Waals surface area contributed by atoms with Crippen LogP contribution in [0, 0.1) is 11.8 Å². The number of anilines is 3. The summed E-state index contributed by atoms with van der Waals surface area (Å²) in [7, 11) is 0. The number of benzene rings is 2. The van der Waals surface area contributed by atoms with Crippen LogP contribution in [0.15, 0.2) is 79.9 Å². The minimum absolute atomic E-state index is 0.0183. The van der Waals surface area contributed by atoms with Crippen LogP contribution in [0.5, 0.6) is 0 Å². The van der Waals surface area contributed by atoms with Gasteiger partial charge in [-0.1, -0.05) is 46.3 Å². The number of amides is 3. The van der Waals surface area contributed by atoms with Crippen LogP contribution in [0.1, 0.15) is 20.3 Å². The maximum Gasteiger partial charge on any atom is 0.251 e. The molecular formula is C34H41BrN4O4S. The van der Waals surface area contributed by atoms with Crippen molar-refractivity contribution in [2.45, 2.75) is 41.1 Å². The van der Waals surface area contributed by atoms with E-state index in [1.165, 1.54) is 4.90 Å². The molecule has 3 aliphatic heterocycles. The molecule has 1 N–H and O–H groups in total. The largest absolute Gasteiger partial charge is 0.395 e. The first-order chi connectivity index (χ1) is 21.3. The van der Waals surface area contributed by atoms with Gasteiger partial charge in [-0.05, 0) is 56.7 Å². The molecule has 6 atom stereocenters. The maximum absolute atomic E-state index is 14.7. The minimum atomic E-state index is -0.841. The van der Waals surface area contributed by atoms with Crippen LogP contribution in [0.4, 0.5) is 17.1 Å². The van der Waals surface area contributed by atoms with E-state index in [0.29, 0.717) is 18.7 Å². The molecule has 0 aliphatic carbocycles. The number of β-amino-alcohol motifs (C(OH)–C–C–N with tert-alkyl or cyclic N) is 1. The standard InChI is InChI=1S/C34H41BrN4O4S/c1-5-18-37(24-12-10-9-11-13-24)31(41)27-28-32(42)39(20-21-40)30(34(28)22-26(35)29(27)44-34)33(43)38(19-6-2)25-16-14-23(15-17-25)36(7-3)8-4/h5-6,9-17,26-30,40H,1-2,7-8,18-22H2,3-4H3/t26?,27-,28+,29-,30?,34?/m1/s1. The number of fused-ring (bicyclic) bond motifs is 1. The van der Waals surface area contributed by atoms with Crippen LogP contribution in [0.3, 0.4) is 0 Å². The number of alkyl halides is 1. The molecule has 2 aromatic rings. The van der Waals surface area contributed by atoms with Gasteiger partial charge in [-0.15, -0.1) is 24.9 Å². The van der Waals surface area contributed by atoms with Crippen molar-refractivity contribution in [3.05, 3.63) is 79.9 Å². The lowest BCUT2D eigenvalue weighted by Gasteiger charge is -2.38. The van der Waals surface area contributed by atoms with Gasteiger partial charge in [0, 0.05) is 59.9 Å². The highest BCUT2D eigenvalue weighted by atomic mass is 79.9. The Morgan fingerprint density at radius 2 is 1.55 bits per heavy atom. The Morgan fingerprint density at radius 1 is 0.977 bits per heavy atom. The van der Waals surface area contributed by atoms with Crippen LogP contribution in [0.2, 0.25) is 0 Å². The predicted octanol–water partition coefficient (Wildman–Crippen LogP) is 4.73. The van der Waals surface area contributed by atoms with E-state index < -0.39 is 22.6 Å². The van der Waals surface area contributed by atoms with E-state index in [2.05, 4.69) is 47.8 Å². The average Bonchev–Trinajstić information content (AvgIpc) is 3.63. The zero-order valence-electron chi connectivity index (χ0n) is 25.3. The summed E-state index contributed by atoms with van der Waals surface area (Å²) in [6.07, 6.45) is 3.94. The highest BCUT2D eigenvalue weighted by Crippen LogP contribution is 2.68. The van der Waals surface area contributed by atoms with E-state index in [4.69, 9.17) is 0 Å². The maximum atomic E-state index is 14.7. The number of thioether (sulfide) groups is 1. The molecule has 10 heteroatoms. The molecule has 1 spiro atoms. The topological polar surface area (TPSA) is 84.4 Å². The van der Waals surface area contributed by atoms with E-state index in [1.807, 2.05) is 54.6 Å². The van der Waals surface area contributed by atoms with E-state index in [-0.39, 0.29) is 47.5 Å². The van der Waals surface area contributed by atoms with Gasteiger partial charge in [0.25, 0.3) is 5.91 Å². The van der Waals surface area contributed by atoms with Crippen molar-refractivity contribution in [1.82, 2.24) is 4.90 Å². The SMILES string of the molecule is C=CCN(C(=O)C1N(CCO)C(=O)[C@@H]2[C@@H](C(=O)N(CC=C)c3ccccc3)[C@@H]3SC12CC3Br)c1ccc(N(CC)CC)cc1. The normalized spacial score (nSPS) is 26.8. The zero-order valence-corrected chi connectivity index (χ0v) is 27.8. The number of para-hydroxylation sites is 1. The van der Waals surface area contributed by atoms with Crippen molar-refractivity contribution in [2.75, 3.05) is 54.0 Å². The highest BCUT2D eigenvalue weighted by Gasteiger charge is 2.76. The number of likely N-dealkylation sites (tertiary alicyclic amines) is 1. The summed E-state index contributed by atoms with van der Waals surface area (Å²) in [4.78, 5) is 50.5. The minimum Gasteiger partial charge on any atom is -0.395 e. The molecule has 3 unspecified atom stereocenters. The summed E-state index contributed by atoms with van der Waals surface area (Å²) in [6, 6.07) is 16.5. The molecule has 3 fully saturated rings. The van der Waals surface area contributed by atoms with Crippen molar-refractivity contribution >= 4 is 62.5 Å². The van der Waals surface area contributed by atoms with Crippen LogP contribution < -0.4 is 14.7 Å². The third kappa shape index (κ3) is 5.39. The van der Waals surface area contributed by atoms with Gasteiger partial charge in [-0.3, -0.25) is 14.4 Å². The molecule has 0 aromatic heterocycles. The lowest BCUT2D eigenvalue weighted by atomic mass is 9.70. The average molecular weight is 682 g/mol. The monoisotopic (exact) mass is 680 g/mol. The van der Waals surface area contributed by atoms with Gasteiger partial charge >= 0.3 is 0 Å². The summed E-state index contributed by atoms with van der Waals surface area (Å²) < 4.78 is -0.820. The van der Waals surface area contributed by atoms with Crippen LogP contribution in [0.25, 0.3) is 0 Å². The number of halogens is 1. The Labute approximate surface area is 272 Å². The summed E-state index contributed by atoms with van der Waals surface area (Å²) in [6.45, 7) is 14.0. The molecule has 2 bridgehead atoms. The number of aliphatic hydroxyl groups is 1. The first kappa shape index (κ1) is 32.3. The molecule has 234 valence electrons. The van der Waals surface area contributed by atoms with Crippen molar-refractivity contribution in [3.63, 3.8) is 0 Å². The van der Waals surface area contributed by atoms with Gasteiger partial charge in [-0.2, -0.15) is 0 Å². The van der Waals surface area contributed by atoms with Crippen molar-refractivity contribution in [1.29, 1.82) is 0 Å². The zero-order chi connectivity index (χ0) is 31.6. The second-order valence-electron chi connectivity index (χ2n) is 11.4. The molecule has 3 aliphatic rings. The number of aliphatic hydroxyl groups excluding tert-OH is 1. The summed E-state index contributed by atoms with van der Waals surface area (Å²) in [5.74, 6) is -1.94. The summed E-state index contributed by atoms with van der Waals surface area (Å²) >= 11 is 5.44. The highest BCUT2D eigenvalue weighted by molar-refractivity contribution is 9.09. The van der Waals surface area contributed by atoms with E-state index in [0.717, 1.165) is 24.5 Å². The molecule has 3 saturated heterocycles. The Balaban J connectivity index is 1.54. The van der Waals surface area contributed by atoms with Gasteiger partial charge in [0.1, 0.15) is 6.04 Å². The molecule has 5 rings (SSSR count). The molecule has 3 heterocycles. The molecule has 2 aromatic carbocycles. The van der Waals surface area contributed by atoms with Crippen molar-refractivity contribution in [2.24, 2.45) is 11.8 Å². The molecular weight excluding hydrogens is 640 g/mol. The second kappa shape index (κ2) is 13.5. The Morgan fingerprint density at radius 3 is 2.11 bits per heavy atom. The second-order valence-corrected chi connectivity index (χ2v) is 14.1. The molecule has 44 heavy (non-hydrogen) atoms. The Hall–Kier alpha value is -3.08. The fraction of sp³-hybridized carbons (Fsp3) is 0.441. The lowest BCUT2D eigenvalue weighted by molar-refractivity contribution is -0.139. The van der Waals surface area contributed by atoms with Gasteiger partial charge in [-0.25, -0.2) is 0 Å². The third-order valence-corrected chi connectivity index (χ3v) is 12.4. The quantitative estimate of drug-likeness (QED) is 0.243. The molecule has 0 radical (unpaired) electrons. The van der Waals surface area contributed by atoms with Gasteiger partial charge in [0.05, 0.1) is 23.2 Å². The number of hydrogen-bond acceptors (Lipinski definition) is 6. The fourth-order valence-electron chi connectivity index (χ4n) is 7.31. The Kier molecular flexibility index (Phi) is 9.92. The third-order valence-electron chi connectivity index (χ3n) is 9.16. The van der Waals surface area contributed by atoms with Crippen molar-refractivity contribution in [3.8, 4) is 0 Å². The van der Waals surface area contributed by atoms with Crippen molar-refractivity contribution < 1.29 is 19.5 Å². The first-order valence-corrected chi connectivity index (χ1v) is 17.0. The molecule has 3 amide bonds.